The number of carboxylic acids is 1. The number of nitrogen functional groups attached to an aromatic ring is 5. The minimum absolute atomic E-state index is 0.00458. The van der Waals surface area contributed by atoms with Gasteiger partial charge in [0.2, 0.25) is 0 Å². The maximum atomic E-state index is 12.8. The van der Waals surface area contributed by atoms with E-state index in [9.17, 15) is 45.1 Å². The second-order valence-corrected chi connectivity index (χ2v) is 32.8. The van der Waals surface area contributed by atoms with Crippen LogP contribution >= 0.6 is 77.5 Å². The Hall–Kier alpha value is -9.46. The quantitative estimate of drug-likeness (QED) is 0.0115. The fraction of sp³-hybridized carbons (Fsp3) is 0.138. The van der Waals surface area contributed by atoms with E-state index in [-0.39, 0.29) is 68.0 Å². The number of carboxylic acid groups (broad SMARTS) is 1. The van der Waals surface area contributed by atoms with Gasteiger partial charge in [-0.1, -0.05) is 107 Å². The van der Waals surface area contributed by atoms with Gasteiger partial charge in [-0.05, 0) is 112 Å². The molecule has 0 fully saturated rings. The van der Waals surface area contributed by atoms with Crippen molar-refractivity contribution in [1.82, 2.24) is 39.9 Å². The van der Waals surface area contributed by atoms with Crippen molar-refractivity contribution < 1.29 is 87.9 Å². The summed E-state index contributed by atoms with van der Waals surface area (Å²) in [5.74, 6) is -2.80. The fourth-order valence-corrected chi connectivity index (χ4v) is 16.4. The number of nitrogens with zero attached hydrogens (tertiary/aromatic N) is 8. The molecule has 4 heterocycles. The molecule has 10 rings (SSSR count). The number of aromatic carboxylic acids is 1. The van der Waals surface area contributed by atoms with E-state index in [4.69, 9.17) is 99.3 Å². The van der Waals surface area contributed by atoms with Crippen molar-refractivity contribution in [1.29, 1.82) is 0 Å². The van der Waals surface area contributed by atoms with E-state index in [1.165, 1.54) is 87.5 Å². The predicted octanol–water partition coefficient (Wildman–Crippen LogP) is 10.4. The summed E-state index contributed by atoms with van der Waals surface area (Å²) in [6.07, 6.45) is 5.71. The highest BCUT2D eigenvalue weighted by molar-refractivity contribution is 9.10. The molecule has 107 heavy (non-hydrogen) atoms. The first-order chi connectivity index (χ1) is 50.4. The lowest BCUT2D eigenvalue weighted by molar-refractivity contribution is 0.0586. The van der Waals surface area contributed by atoms with Crippen molar-refractivity contribution in [3.8, 4) is 33.8 Å². The van der Waals surface area contributed by atoms with Crippen LogP contribution in [0.3, 0.4) is 0 Å². The number of carbonyl (C=O) groups excluding carboxylic acids is 3. The number of rotatable bonds is 20. The van der Waals surface area contributed by atoms with Gasteiger partial charge >= 0.3 is 40.2 Å². The summed E-state index contributed by atoms with van der Waals surface area (Å²) in [6, 6.07) is 38.3. The van der Waals surface area contributed by atoms with Crippen LogP contribution < -0.4 is 34.1 Å². The molecule has 0 unspecified atom stereocenters. The number of aromatic nitrogens is 8. The van der Waals surface area contributed by atoms with Crippen LogP contribution in [0.15, 0.2) is 185 Å². The summed E-state index contributed by atoms with van der Waals surface area (Å²) < 4.78 is 101. The zero-order valence-corrected chi connectivity index (χ0v) is 64.8. The molecule has 0 bridgehead atoms. The SMILES string of the molecule is COC(=O)c1nc(-c2ccc(Cl)cc2)cnc1N.COC(=O)c1nc(Br)cnc1N.COP(=O)(CS(=O)(=O)c1ccc(CC(=O)c2nc(-c3ccc(Cl)cc3)cnc2N)cc1)OC.COP(=O)(CS(=O)(=O)c1ccc(N)cc1)OC.Nc1ncc(-c2ccc(Cl)cc2)nc1C(=O)O.OB(O)c1ccc(Cl)cc1. The Labute approximate surface area is 641 Å². The summed E-state index contributed by atoms with van der Waals surface area (Å²) in [4.78, 5) is 77.8. The Kier molecular flexibility index (Phi) is 33.8. The number of sulfone groups is 2. The number of anilines is 5. The minimum atomic E-state index is -3.94. The van der Waals surface area contributed by atoms with Gasteiger partial charge in [-0.2, -0.15) is 0 Å². The number of hydrogen-bond donors (Lipinski definition) is 8. The van der Waals surface area contributed by atoms with Crippen molar-refractivity contribution in [2.45, 2.75) is 16.2 Å². The molecule has 10 aromatic rings. The zero-order valence-electron chi connectivity index (χ0n) is 56.8. The highest BCUT2D eigenvalue weighted by Crippen LogP contribution is 2.49. The molecule has 0 amide bonds. The summed E-state index contributed by atoms with van der Waals surface area (Å²) >= 11 is 26.1. The third kappa shape index (κ3) is 27.1. The lowest BCUT2D eigenvalue weighted by Gasteiger charge is -2.14. The van der Waals surface area contributed by atoms with Gasteiger partial charge in [-0.25, -0.2) is 71.1 Å². The largest absolute Gasteiger partial charge is 0.488 e. The molecular formula is C65H65BBrCl4N13O19P2S2. The van der Waals surface area contributed by atoms with E-state index in [0.29, 0.717) is 58.5 Å². The first-order valence-corrected chi connectivity index (χ1v) is 38.8. The molecule has 0 spiro atoms. The highest BCUT2D eigenvalue weighted by atomic mass is 79.9. The van der Waals surface area contributed by atoms with Crippen LogP contribution in [0.4, 0.5) is 29.0 Å². The number of halogens is 5. The van der Waals surface area contributed by atoms with E-state index >= 15 is 0 Å². The number of Topliss-reactive ketones (excluding diaryl/α,β-unsaturated/α-hetero) is 1. The maximum Gasteiger partial charge on any atom is 0.488 e. The van der Waals surface area contributed by atoms with Crippen molar-refractivity contribution in [2.75, 3.05) is 82.3 Å². The molecule has 0 atom stereocenters. The molecule has 0 aliphatic rings. The predicted molar refractivity (Wildman–Crippen MR) is 408 cm³/mol. The van der Waals surface area contributed by atoms with Crippen molar-refractivity contribution >= 4 is 162 Å². The Bertz CT molecular complexity index is 5060. The Balaban J connectivity index is 0.000000241. The summed E-state index contributed by atoms with van der Waals surface area (Å²) in [6.45, 7) is 0. The third-order valence-electron chi connectivity index (χ3n) is 13.6. The van der Waals surface area contributed by atoms with Crippen LogP contribution in [-0.2, 0) is 62.8 Å². The average molecular weight is 1690 g/mol. The molecular weight excluding hydrogens is 1630 g/mol. The number of nitrogens with two attached hydrogens (primary N) is 5. The Morgan fingerprint density at radius 3 is 1.10 bits per heavy atom. The molecule has 6 aromatic carbocycles. The van der Waals surface area contributed by atoms with Gasteiger partial charge in [-0.15, -0.1) is 0 Å². The molecule has 0 aliphatic carbocycles. The van der Waals surface area contributed by atoms with Crippen LogP contribution in [0.1, 0.15) is 47.5 Å². The van der Waals surface area contributed by atoms with E-state index < -0.39 is 70.9 Å². The number of methoxy groups -OCH3 is 2. The number of esters is 2. The zero-order chi connectivity index (χ0) is 79.6. The van der Waals surface area contributed by atoms with Crippen molar-refractivity contribution in [3.63, 3.8) is 0 Å². The van der Waals surface area contributed by atoms with Crippen molar-refractivity contribution in [3.05, 3.63) is 223 Å². The van der Waals surface area contributed by atoms with Gasteiger partial charge < -0.3 is 71.4 Å². The number of hydrogen-bond acceptors (Lipinski definition) is 31. The van der Waals surface area contributed by atoms with Crippen LogP contribution in [0.5, 0.6) is 0 Å². The number of benzene rings is 6. The first kappa shape index (κ1) is 88.2. The van der Waals surface area contributed by atoms with Gasteiger partial charge in [0.05, 0.1) is 65.9 Å². The summed E-state index contributed by atoms with van der Waals surface area (Å²) in [5.41, 5.74) is 31.1. The van der Waals surface area contributed by atoms with Gasteiger partial charge in [0.25, 0.3) is 0 Å². The van der Waals surface area contributed by atoms with E-state index in [0.717, 1.165) is 45.1 Å². The lowest BCUT2D eigenvalue weighted by atomic mass is 9.81. The molecule has 564 valence electrons. The van der Waals surface area contributed by atoms with Gasteiger partial charge in [0.1, 0.15) is 10.3 Å². The van der Waals surface area contributed by atoms with E-state index in [2.05, 4.69) is 74.3 Å². The average Bonchev–Trinajstić information content (AvgIpc) is 0.837. The highest BCUT2D eigenvalue weighted by Gasteiger charge is 2.33. The molecule has 0 saturated carbocycles. The lowest BCUT2D eigenvalue weighted by Crippen LogP contribution is -2.29. The molecule has 0 radical (unpaired) electrons. The van der Waals surface area contributed by atoms with Gasteiger partial charge in [-0.3, -0.25) is 13.9 Å². The normalized spacial score (nSPS) is 11.0. The molecule has 0 saturated heterocycles. The monoisotopic (exact) mass is 1690 g/mol. The maximum absolute atomic E-state index is 12.8. The van der Waals surface area contributed by atoms with Gasteiger partial charge in [0.15, 0.2) is 76.8 Å². The Morgan fingerprint density at radius 1 is 0.449 bits per heavy atom. The topological polar surface area (TPSA) is 520 Å². The fourth-order valence-electron chi connectivity index (χ4n) is 8.03. The Morgan fingerprint density at radius 2 is 0.757 bits per heavy atom. The van der Waals surface area contributed by atoms with E-state index in [1.54, 1.807) is 97.1 Å². The second-order valence-electron chi connectivity index (χ2n) is 20.9. The minimum Gasteiger partial charge on any atom is -0.476 e. The molecule has 32 nitrogen and oxygen atoms in total. The number of ether oxygens (including phenoxy) is 2. The molecule has 4 aromatic heterocycles. The second kappa shape index (κ2) is 41.0. The summed E-state index contributed by atoms with van der Waals surface area (Å²) in [7, 11) is -9.40. The smallest absolute Gasteiger partial charge is 0.476 e. The van der Waals surface area contributed by atoms with Crippen LogP contribution in [0.25, 0.3) is 33.8 Å². The first-order valence-electron chi connectivity index (χ1n) is 29.7. The molecule has 0 aliphatic heterocycles. The van der Waals surface area contributed by atoms with Crippen LogP contribution in [-0.4, -0.2) is 156 Å². The summed E-state index contributed by atoms with van der Waals surface area (Å²) in [5, 5.41) is 28.5. The van der Waals surface area contributed by atoms with Crippen LogP contribution in [0, 0.1) is 0 Å². The third-order valence-corrected chi connectivity index (χ3v) is 24.5. The van der Waals surface area contributed by atoms with Crippen molar-refractivity contribution in [2.24, 2.45) is 0 Å². The van der Waals surface area contributed by atoms with Gasteiger partial charge in [0, 0.05) is 77.3 Å². The van der Waals surface area contributed by atoms with Crippen LogP contribution in [0.2, 0.25) is 20.1 Å². The van der Waals surface area contributed by atoms with E-state index in [1.807, 2.05) is 0 Å². The standard InChI is InChI=1S/C21H21ClN3O6PS.C12H10ClN3O2.C11H8ClN3O2.C9H14NO5PS.C6H6BClO2.C6H6BrN3O2/c1-30-32(27,31-2)13-33(28,29)17-9-3-14(4-10-17)11-19(26)20-21(23)24-12-18(25-20)15-5-7-16(22)8-6-15;1-18-12(17)10-11(14)15-6-9(16-10)7-2-4-8(13)5-3-7;12-7-3-1-6(2-4-7)8-5-14-10(13)9(15-8)11(16)17;1-14-16(11,15-2)7-17(12,13)9-5-3-8(10)4-6-9;8-6-3-1-5(2-4-6)7(9)10;1-12-6(11)4-5(8)9-2-3(7)10-4/h3-10,12H,11,13H2,1-2H3,(H2,23,24);2-6H,1H3,(H2,14,15);1-5H,(H2,13,14)(H,16,17);3-6H,7,10H2,1-2H3;1-4,9-10H;2H,1H3,(H2,8,9). The number of carbonyl (C=O) groups is 4. The number of ketones is 1. The molecule has 13 N–H and O–H groups in total. The molecule has 42 heteroatoms.